The molecule has 5 aromatic carbocycles. The van der Waals surface area contributed by atoms with Gasteiger partial charge in [0.25, 0.3) is 11.8 Å². The molecule has 5 N–H and O–H groups in total. The molecule has 5 aromatic rings. The van der Waals surface area contributed by atoms with Crippen molar-refractivity contribution in [2.75, 3.05) is 19.4 Å². The predicted molar refractivity (Wildman–Crippen MR) is 269 cm³/mol. The summed E-state index contributed by atoms with van der Waals surface area (Å²) in [5.41, 5.74) is 3.59. The summed E-state index contributed by atoms with van der Waals surface area (Å²) in [5, 5.41) is 14.7. The van der Waals surface area contributed by atoms with Gasteiger partial charge in [-0.2, -0.15) is 0 Å². The van der Waals surface area contributed by atoms with Gasteiger partial charge < -0.3 is 40.8 Å². The second-order valence-electron chi connectivity index (χ2n) is 18.2. The van der Waals surface area contributed by atoms with E-state index < -0.39 is 35.2 Å². The van der Waals surface area contributed by atoms with Gasteiger partial charge in [-0.25, -0.2) is 4.79 Å². The zero-order valence-electron chi connectivity index (χ0n) is 40.3. The molecule has 0 saturated heterocycles. The largest absolute Gasteiger partial charge is 0.489 e. The average Bonchev–Trinajstić information content (AvgIpc) is 3.28. The second kappa shape index (κ2) is 25.0. The minimum atomic E-state index is -0.825. The van der Waals surface area contributed by atoms with Crippen molar-refractivity contribution in [2.24, 2.45) is 0 Å². The van der Waals surface area contributed by atoms with Crippen LogP contribution in [-0.2, 0) is 33.8 Å². The van der Waals surface area contributed by atoms with Gasteiger partial charge in [-0.3, -0.25) is 19.2 Å². The molecule has 15 heteroatoms. The molecule has 0 spiro atoms. The highest BCUT2D eigenvalue weighted by atomic mass is 35.5. The first-order valence-electron chi connectivity index (χ1n) is 22.2. The number of esters is 1. The molecule has 5 rings (SSSR count). The van der Waals surface area contributed by atoms with Crippen LogP contribution in [0.1, 0.15) is 103 Å². The summed E-state index contributed by atoms with van der Waals surface area (Å²) in [6.45, 7) is 15.6. The number of anilines is 1. The number of rotatable bonds is 17. The molecule has 0 fully saturated rings. The molecule has 68 heavy (non-hydrogen) atoms. The summed E-state index contributed by atoms with van der Waals surface area (Å²) < 4.78 is 17.0. The van der Waals surface area contributed by atoms with Crippen LogP contribution in [-0.4, -0.2) is 73.0 Å². The fraction of sp³-hybridized carbons (Fsp3) is 0.340. The maximum atomic E-state index is 12.8. The highest BCUT2D eigenvalue weighted by Crippen LogP contribution is 2.29. The molecule has 0 aliphatic heterocycles. The van der Waals surface area contributed by atoms with Gasteiger partial charge in [0.1, 0.15) is 41.4 Å². The first-order valence-corrected chi connectivity index (χ1v) is 23.0. The number of nitrogens with one attached hydrogen (secondary N) is 5. The van der Waals surface area contributed by atoms with Gasteiger partial charge in [0.15, 0.2) is 0 Å². The van der Waals surface area contributed by atoms with E-state index in [0.29, 0.717) is 45.5 Å². The molecular weight excluding hydrogens is 906 g/mol. The number of likely N-dealkylation sites (N-methyl/N-ethyl adjacent to an activating group) is 2. The Morgan fingerprint density at radius 2 is 1.06 bits per heavy atom. The molecule has 13 nitrogen and oxygen atoms in total. The van der Waals surface area contributed by atoms with Crippen LogP contribution in [0.3, 0.4) is 0 Å². The number of hydrogen-bond donors (Lipinski definition) is 5. The normalized spacial score (nSPS) is 12.0. The van der Waals surface area contributed by atoms with Crippen LogP contribution in [0.15, 0.2) is 115 Å². The van der Waals surface area contributed by atoms with Gasteiger partial charge in [0.2, 0.25) is 11.8 Å². The van der Waals surface area contributed by atoms with E-state index in [1.165, 1.54) is 13.1 Å². The van der Waals surface area contributed by atoms with Crippen LogP contribution in [0, 0.1) is 0 Å². The molecule has 0 bridgehead atoms. The zero-order valence-corrected chi connectivity index (χ0v) is 41.9. The van der Waals surface area contributed by atoms with Gasteiger partial charge in [-0.1, -0.05) is 77.8 Å². The monoisotopic (exact) mass is 967 g/mol. The van der Waals surface area contributed by atoms with E-state index in [1.807, 2.05) is 89.2 Å². The molecule has 0 aliphatic rings. The third-order valence-electron chi connectivity index (χ3n) is 9.66. The topological polar surface area (TPSA) is 173 Å². The second-order valence-corrected chi connectivity index (χ2v) is 19.0. The highest BCUT2D eigenvalue weighted by Gasteiger charge is 2.24. The number of hydrogen-bond acceptors (Lipinski definition) is 9. The molecular formula is C53H63Cl2N5O8. The molecule has 0 aromatic heterocycles. The molecule has 0 saturated carbocycles. The Hall–Kier alpha value is -6.57. The maximum Gasteiger partial charge on any atom is 0.338 e. The molecule has 2 atom stereocenters. The van der Waals surface area contributed by atoms with Gasteiger partial charge in [0.05, 0.1) is 21.3 Å². The van der Waals surface area contributed by atoms with Crippen molar-refractivity contribution in [3.05, 3.63) is 159 Å². The molecule has 2 unspecified atom stereocenters. The van der Waals surface area contributed by atoms with Crippen molar-refractivity contribution in [3.8, 4) is 11.5 Å². The number of halogens is 2. The molecule has 0 aliphatic carbocycles. The van der Waals surface area contributed by atoms with E-state index >= 15 is 0 Å². The van der Waals surface area contributed by atoms with E-state index in [0.717, 1.165) is 28.1 Å². The molecule has 0 radical (unpaired) electrons. The van der Waals surface area contributed by atoms with Crippen LogP contribution >= 0.6 is 23.2 Å². The maximum absolute atomic E-state index is 12.8. The van der Waals surface area contributed by atoms with Crippen LogP contribution < -0.4 is 36.1 Å². The van der Waals surface area contributed by atoms with Crippen LogP contribution in [0.5, 0.6) is 11.5 Å². The summed E-state index contributed by atoms with van der Waals surface area (Å²) in [6.07, 6.45) is 0.573. The third-order valence-corrected chi connectivity index (χ3v) is 10.3. The minimum absolute atomic E-state index is 0.213. The van der Waals surface area contributed by atoms with Gasteiger partial charge in [-0.05, 0) is 133 Å². The van der Waals surface area contributed by atoms with Gasteiger partial charge in [-0.15, -0.1) is 0 Å². The standard InChI is InChI=1S/C27H30ClN3O3.C26H33ClN2O5/c1-18(2)30-24-14-11-21(16-23(24)28)26(32)31-25(27(33)29-3)15-19-9-12-22(13-10-19)34-17-20-7-5-4-6-8-20;1-25(2,3)33-21-13-12-18(15-19(21)27)22(30)29-20(23(31)28-7)14-16-8-10-17(11-9-16)24(32)34-26(4,5)6/h4-14,16,18,25,30H,15,17H2,1-3H3,(H,29,33)(H,31,32);8-13,15,20H,14H2,1-7H3,(H,28,31)(H,29,30). The summed E-state index contributed by atoms with van der Waals surface area (Å²) in [5.74, 6) is -0.648. The van der Waals surface area contributed by atoms with Crippen molar-refractivity contribution in [1.29, 1.82) is 0 Å². The Morgan fingerprint density at radius 3 is 1.51 bits per heavy atom. The molecule has 362 valence electrons. The Labute approximate surface area is 410 Å². The highest BCUT2D eigenvalue weighted by molar-refractivity contribution is 6.33. The summed E-state index contributed by atoms with van der Waals surface area (Å²) >= 11 is 12.6. The third kappa shape index (κ3) is 17.9. The van der Waals surface area contributed by atoms with Crippen LogP contribution in [0.2, 0.25) is 10.0 Å². The number of benzene rings is 5. The lowest BCUT2D eigenvalue weighted by Crippen LogP contribution is -2.47. The summed E-state index contributed by atoms with van der Waals surface area (Å²) in [7, 11) is 3.05. The fourth-order valence-corrected chi connectivity index (χ4v) is 6.89. The van der Waals surface area contributed by atoms with Crippen molar-refractivity contribution < 1.29 is 38.2 Å². The predicted octanol–water partition coefficient (Wildman–Crippen LogP) is 9.39. The lowest BCUT2D eigenvalue weighted by molar-refractivity contribution is -0.123. The fourth-order valence-electron chi connectivity index (χ4n) is 6.44. The van der Waals surface area contributed by atoms with E-state index in [-0.39, 0.29) is 30.2 Å². The molecule has 0 heterocycles. The average molecular weight is 969 g/mol. The van der Waals surface area contributed by atoms with Crippen molar-refractivity contribution >= 4 is 58.5 Å². The Morgan fingerprint density at radius 1 is 0.574 bits per heavy atom. The van der Waals surface area contributed by atoms with E-state index in [9.17, 15) is 24.0 Å². The van der Waals surface area contributed by atoms with Crippen molar-refractivity contribution in [2.45, 2.75) is 104 Å². The van der Waals surface area contributed by atoms with E-state index in [1.54, 1.807) is 82.4 Å². The number of carbonyl (C=O) groups is 5. The SMILES string of the molecule is CNC(=O)C(Cc1ccc(C(=O)OC(C)(C)C)cc1)NC(=O)c1ccc(OC(C)(C)C)c(Cl)c1.CNC(=O)C(Cc1ccc(OCc2ccccc2)cc1)NC(=O)c1ccc(NC(C)C)c(Cl)c1. The molecule has 4 amide bonds. The quantitative estimate of drug-likeness (QED) is 0.0570. The Kier molecular flexibility index (Phi) is 19.9. The van der Waals surface area contributed by atoms with Crippen LogP contribution in [0.25, 0.3) is 0 Å². The van der Waals surface area contributed by atoms with Gasteiger partial charge >= 0.3 is 5.97 Å². The minimum Gasteiger partial charge on any atom is -0.489 e. The first kappa shape index (κ1) is 54.0. The Bertz CT molecular complexity index is 2490. The van der Waals surface area contributed by atoms with E-state index in [2.05, 4.69) is 26.6 Å². The summed E-state index contributed by atoms with van der Waals surface area (Å²) in [4.78, 5) is 62.8. The van der Waals surface area contributed by atoms with E-state index in [4.69, 9.17) is 37.4 Å². The summed E-state index contributed by atoms with van der Waals surface area (Å²) in [6, 6.07) is 32.6. The number of ether oxygens (including phenoxy) is 3. The van der Waals surface area contributed by atoms with Crippen molar-refractivity contribution in [1.82, 2.24) is 21.3 Å². The number of carbonyl (C=O) groups excluding carboxylic acids is 5. The Balaban J connectivity index is 0.000000297. The first-order chi connectivity index (χ1) is 32.0. The van der Waals surface area contributed by atoms with Gasteiger partial charge in [0, 0.05) is 44.1 Å². The lowest BCUT2D eigenvalue weighted by atomic mass is 10.0. The lowest BCUT2D eigenvalue weighted by Gasteiger charge is -2.22. The smallest absolute Gasteiger partial charge is 0.338 e. The van der Waals surface area contributed by atoms with Crippen molar-refractivity contribution in [3.63, 3.8) is 0 Å². The van der Waals surface area contributed by atoms with Crippen LogP contribution in [0.4, 0.5) is 5.69 Å². The number of amides is 4. The zero-order chi connectivity index (χ0) is 50.2.